The molecule has 10 nitrogen and oxygen atoms in total. The number of carbonyl (C=O) groups excluding carboxylic acids is 2. The summed E-state index contributed by atoms with van der Waals surface area (Å²) in [5.74, 6) is -0.949. The minimum absolute atomic E-state index is 0.0562. The van der Waals surface area contributed by atoms with E-state index in [2.05, 4.69) is 68.5 Å². The maximum Gasteiger partial charge on any atom is 0.306 e. The van der Waals surface area contributed by atoms with Gasteiger partial charge in [0.15, 0.2) is 6.10 Å². The van der Waals surface area contributed by atoms with Crippen LogP contribution >= 0.6 is 7.82 Å². The van der Waals surface area contributed by atoms with Crippen LogP contribution in [0, 0.1) is 0 Å². The van der Waals surface area contributed by atoms with Gasteiger partial charge >= 0.3 is 11.9 Å². The van der Waals surface area contributed by atoms with Crippen LogP contribution in [0.5, 0.6) is 0 Å². The lowest BCUT2D eigenvalue weighted by atomic mass is 10.1. The number of ether oxygens (including phenoxy) is 2. The lowest BCUT2D eigenvalue weighted by molar-refractivity contribution is -0.870. The number of hydrogen-bond donors (Lipinski definition) is 1. The fourth-order valence-corrected chi connectivity index (χ4v) is 5.52. The van der Waals surface area contributed by atoms with E-state index in [1.165, 1.54) is 0 Å². The Bertz CT molecular complexity index is 1230. The SMILES string of the molecule is CC/C=C\C/C=C\C/C=C\C/C=C\CCCCC(=O)OC[C@H](COP(=O)([O-])OCC[N+](C)(C)C)OC(=O)CCCCCCC/C=C/C=C/C(O)C/C=C/CC. The Kier molecular flexibility index (Phi) is 33.7. The molecular weight excluding hydrogens is 717 g/mol. The lowest BCUT2D eigenvalue weighted by Crippen LogP contribution is -2.37. The van der Waals surface area contributed by atoms with E-state index in [1.807, 2.05) is 45.4 Å². The van der Waals surface area contributed by atoms with Gasteiger partial charge in [-0.1, -0.05) is 118 Å². The number of nitrogens with zero attached hydrogens (tertiary/aromatic N) is 1. The number of aliphatic hydroxyl groups excluding tert-OH is 1. The van der Waals surface area contributed by atoms with Gasteiger partial charge in [0.05, 0.1) is 33.9 Å². The standard InChI is InChI=1S/C44H74NO9P/c1-6-8-10-11-12-13-14-15-16-17-18-21-24-27-31-35-43(47)51-39-42(40-53-55(49,50)52-38-37-45(3,4)5)54-44(48)36-32-28-25-22-19-20-23-26-30-34-41(46)33-29-9-7-2/h8-10,12-13,15-16,18,21,23,26,29-30,34,41-42,46H,6-7,11,14,17,19-20,22,24-25,27-28,31-33,35-40H2,1-5H3/b10-8-,13-12-,16-15-,21-18-,26-23+,29-9+,34-30+/t41?,42-/m1/s1. The summed E-state index contributed by atoms with van der Waals surface area (Å²) < 4.78 is 33.7. The first-order chi connectivity index (χ1) is 26.4. The maximum atomic E-state index is 12.6. The second-order valence-electron chi connectivity index (χ2n) is 14.4. The zero-order chi connectivity index (χ0) is 40.9. The predicted molar refractivity (Wildman–Crippen MR) is 223 cm³/mol. The van der Waals surface area contributed by atoms with E-state index in [4.69, 9.17) is 18.5 Å². The lowest BCUT2D eigenvalue weighted by Gasteiger charge is -2.28. The summed E-state index contributed by atoms with van der Waals surface area (Å²) >= 11 is 0. The molecule has 55 heavy (non-hydrogen) atoms. The van der Waals surface area contributed by atoms with Crippen LogP contribution in [0.1, 0.15) is 123 Å². The molecule has 0 aliphatic carbocycles. The fourth-order valence-electron chi connectivity index (χ4n) is 4.80. The highest BCUT2D eigenvalue weighted by atomic mass is 31.2. The van der Waals surface area contributed by atoms with Gasteiger partial charge in [0, 0.05) is 12.8 Å². The number of phosphoric ester groups is 1. The van der Waals surface area contributed by atoms with E-state index in [-0.39, 0.29) is 26.1 Å². The summed E-state index contributed by atoms with van der Waals surface area (Å²) in [6, 6.07) is 0. The monoisotopic (exact) mass is 792 g/mol. The number of quaternary nitrogens is 1. The third kappa shape index (κ3) is 39.2. The Hall–Kier alpha value is -2.85. The molecule has 0 aromatic heterocycles. The second-order valence-corrected chi connectivity index (χ2v) is 15.8. The van der Waals surface area contributed by atoms with Crippen molar-refractivity contribution in [2.75, 3.05) is 47.5 Å². The fraction of sp³-hybridized carbons (Fsp3) is 0.636. The van der Waals surface area contributed by atoms with Crippen molar-refractivity contribution in [1.82, 2.24) is 0 Å². The normalized spacial score (nSPS) is 15.1. The average molecular weight is 792 g/mol. The Morgan fingerprint density at radius 3 is 1.89 bits per heavy atom. The molecule has 314 valence electrons. The Morgan fingerprint density at radius 2 is 1.22 bits per heavy atom. The largest absolute Gasteiger partial charge is 0.756 e. The highest BCUT2D eigenvalue weighted by molar-refractivity contribution is 7.45. The highest BCUT2D eigenvalue weighted by Crippen LogP contribution is 2.38. The average Bonchev–Trinajstić information content (AvgIpc) is 3.12. The molecule has 2 unspecified atom stereocenters. The van der Waals surface area contributed by atoms with Crippen molar-refractivity contribution in [1.29, 1.82) is 0 Å². The first-order valence-electron chi connectivity index (χ1n) is 20.4. The minimum atomic E-state index is -4.66. The van der Waals surface area contributed by atoms with Crippen LogP contribution in [0.4, 0.5) is 0 Å². The van der Waals surface area contributed by atoms with Gasteiger partial charge in [-0.15, -0.1) is 0 Å². The molecule has 1 N–H and O–H groups in total. The van der Waals surface area contributed by atoms with Crippen molar-refractivity contribution in [3.05, 3.63) is 85.1 Å². The van der Waals surface area contributed by atoms with Gasteiger partial charge < -0.3 is 33.0 Å². The molecule has 0 fully saturated rings. The molecule has 0 aliphatic rings. The van der Waals surface area contributed by atoms with Crippen molar-refractivity contribution in [2.24, 2.45) is 0 Å². The first-order valence-corrected chi connectivity index (χ1v) is 21.9. The smallest absolute Gasteiger partial charge is 0.306 e. The van der Waals surface area contributed by atoms with Gasteiger partial charge in [0.25, 0.3) is 7.82 Å². The van der Waals surface area contributed by atoms with Crippen LogP contribution in [-0.2, 0) is 32.7 Å². The third-order valence-electron chi connectivity index (χ3n) is 7.99. The van der Waals surface area contributed by atoms with Gasteiger partial charge in [-0.25, -0.2) is 0 Å². The predicted octanol–water partition coefficient (Wildman–Crippen LogP) is 9.58. The number of aliphatic hydroxyl groups is 1. The summed E-state index contributed by atoms with van der Waals surface area (Å²) in [6.07, 6.45) is 40.9. The van der Waals surface area contributed by atoms with E-state index in [0.29, 0.717) is 30.3 Å². The quantitative estimate of drug-likeness (QED) is 0.0167. The zero-order valence-corrected chi connectivity index (χ0v) is 35.6. The van der Waals surface area contributed by atoms with E-state index >= 15 is 0 Å². The molecule has 0 aliphatic heterocycles. The molecule has 0 saturated carbocycles. The number of phosphoric acid groups is 1. The van der Waals surface area contributed by atoms with Crippen LogP contribution in [0.25, 0.3) is 0 Å². The number of esters is 2. The van der Waals surface area contributed by atoms with Crippen molar-refractivity contribution in [3.8, 4) is 0 Å². The van der Waals surface area contributed by atoms with Crippen LogP contribution in [0.3, 0.4) is 0 Å². The van der Waals surface area contributed by atoms with Crippen LogP contribution in [0.2, 0.25) is 0 Å². The summed E-state index contributed by atoms with van der Waals surface area (Å²) in [5, 5.41) is 9.88. The summed E-state index contributed by atoms with van der Waals surface area (Å²) in [7, 11) is 1.08. The summed E-state index contributed by atoms with van der Waals surface area (Å²) in [6.45, 7) is 3.77. The number of hydrogen-bond acceptors (Lipinski definition) is 9. The molecule has 11 heteroatoms. The van der Waals surface area contributed by atoms with E-state index < -0.39 is 38.6 Å². The Labute approximate surface area is 333 Å². The Balaban J connectivity index is 4.57. The molecule has 0 aromatic rings. The van der Waals surface area contributed by atoms with Crippen molar-refractivity contribution < 1.29 is 47.2 Å². The zero-order valence-electron chi connectivity index (χ0n) is 34.7. The van der Waals surface area contributed by atoms with Crippen LogP contribution in [0.15, 0.2) is 85.1 Å². The number of allylic oxidation sites excluding steroid dienone is 12. The number of carbonyl (C=O) groups is 2. The van der Waals surface area contributed by atoms with E-state index in [1.54, 1.807) is 6.08 Å². The molecule has 0 saturated heterocycles. The second kappa shape index (κ2) is 35.6. The molecule has 0 amide bonds. The van der Waals surface area contributed by atoms with Gasteiger partial charge in [0.2, 0.25) is 0 Å². The van der Waals surface area contributed by atoms with Gasteiger partial charge in [-0.05, 0) is 77.0 Å². The molecule has 0 rings (SSSR count). The molecule has 0 radical (unpaired) electrons. The van der Waals surface area contributed by atoms with E-state index in [9.17, 15) is 24.2 Å². The number of likely N-dealkylation sites (N-methyl/N-ethyl adjacent to an activating group) is 1. The summed E-state index contributed by atoms with van der Waals surface area (Å²) in [4.78, 5) is 37.4. The van der Waals surface area contributed by atoms with E-state index in [0.717, 1.165) is 77.0 Å². The summed E-state index contributed by atoms with van der Waals surface area (Å²) in [5.41, 5.74) is 0. The molecule has 0 heterocycles. The van der Waals surface area contributed by atoms with Gasteiger partial charge in [0.1, 0.15) is 19.8 Å². The number of unbranched alkanes of at least 4 members (excludes halogenated alkanes) is 7. The van der Waals surface area contributed by atoms with Crippen LogP contribution < -0.4 is 4.89 Å². The van der Waals surface area contributed by atoms with Crippen molar-refractivity contribution in [2.45, 2.75) is 135 Å². The first kappa shape index (κ1) is 52.2. The number of rotatable bonds is 35. The molecule has 3 atom stereocenters. The van der Waals surface area contributed by atoms with Gasteiger partial charge in [-0.3, -0.25) is 14.2 Å². The maximum absolute atomic E-state index is 12.6. The third-order valence-corrected chi connectivity index (χ3v) is 8.96. The van der Waals surface area contributed by atoms with Crippen LogP contribution in [-0.4, -0.2) is 81.2 Å². The molecule has 0 spiro atoms. The molecular formula is C44H74NO9P. The van der Waals surface area contributed by atoms with Crippen molar-refractivity contribution in [3.63, 3.8) is 0 Å². The topological polar surface area (TPSA) is 131 Å². The molecule has 0 aromatic carbocycles. The minimum Gasteiger partial charge on any atom is -0.756 e. The Morgan fingerprint density at radius 1 is 0.673 bits per heavy atom. The highest BCUT2D eigenvalue weighted by Gasteiger charge is 2.21. The van der Waals surface area contributed by atoms with Gasteiger partial charge in [-0.2, -0.15) is 0 Å². The van der Waals surface area contributed by atoms with Crippen molar-refractivity contribution >= 4 is 19.8 Å². The molecule has 0 bridgehead atoms.